The number of rotatable bonds is 6. The highest BCUT2D eigenvalue weighted by Gasteiger charge is 2.09. The van der Waals surface area contributed by atoms with Gasteiger partial charge in [0.05, 0.1) is 5.75 Å². The Labute approximate surface area is 120 Å². The van der Waals surface area contributed by atoms with Crippen LogP contribution >= 0.6 is 23.1 Å². The van der Waals surface area contributed by atoms with Crippen LogP contribution in [-0.4, -0.2) is 28.3 Å². The number of nitrogens with zero attached hydrogens (tertiary/aromatic N) is 2. The van der Waals surface area contributed by atoms with E-state index in [2.05, 4.69) is 15.5 Å². The molecule has 100 valence electrons. The summed E-state index contributed by atoms with van der Waals surface area (Å²) in [4.78, 5) is 12.0. The van der Waals surface area contributed by atoms with Crippen molar-refractivity contribution in [2.24, 2.45) is 0 Å². The van der Waals surface area contributed by atoms with Gasteiger partial charge >= 0.3 is 0 Å². The highest BCUT2D eigenvalue weighted by Crippen LogP contribution is 2.25. The molecule has 0 fully saturated rings. The first-order valence-corrected chi connectivity index (χ1v) is 7.79. The number of Topliss-reactive ketones (excluding diaryl/α,β-unsaturated/α-hetero) is 1. The molecule has 1 aromatic heterocycles. The van der Waals surface area contributed by atoms with Gasteiger partial charge < -0.3 is 5.32 Å². The lowest BCUT2D eigenvalue weighted by Gasteiger charge is -1.99. The minimum atomic E-state index is 0.116. The van der Waals surface area contributed by atoms with Crippen molar-refractivity contribution < 1.29 is 4.79 Å². The van der Waals surface area contributed by atoms with E-state index in [1.807, 2.05) is 38.1 Å². The monoisotopic (exact) mass is 293 g/mol. The zero-order valence-corrected chi connectivity index (χ0v) is 12.5. The van der Waals surface area contributed by atoms with Crippen LogP contribution in [0.25, 0.3) is 0 Å². The molecule has 6 heteroatoms. The molecule has 0 unspecified atom stereocenters. The second kappa shape index (κ2) is 6.68. The lowest BCUT2D eigenvalue weighted by molar-refractivity contribution is 0.102. The van der Waals surface area contributed by atoms with Crippen LogP contribution in [0.4, 0.5) is 5.13 Å². The van der Waals surface area contributed by atoms with Crippen molar-refractivity contribution in [1.82, 2.24) is 10.2 Å². The van der Waals surface area contributed by atoms with E-state index in [4.69, 9.17) is 0 Å². The number of aromatic nitrogens is 2. The Kier molecular flexibility index (Phi) is 4.93. The fraction of sp³-hybridized carbons (Fsp3) is 0.308. The van der Waals surface area contributed by atoms with E-state index in [1.165, 1.54) is 23.1 Å². The van der Waals surface area contributed by atoms with Gasteiger partial charge in [0, 0.05) is 12.1 Å². The Balaban J connectivity index is 1.90. The van der Waals surface area contributed by atoms with Crippen LogP contribution in [0.3, 0.4) is 0 Å². The average Bonchev–Trinajstić information content (AvgIpc) is 2.85. The molecule has 0 amide bonds. The first kappa shape index (κ1) is 14.0. The number of carbonyl (C=O) groups is 1. The minimum absolute atomic E-state index is 0.116. The van der Waals surface area contributed by atoms with Crippen molar-refractivity contribution in [2.75, 3.05) is 17.6 Å². The molecule has 0 saturated carbocycles. The summed E-state index contributed by atoms with van der Waals surface area (Å²) in [6.07, 6.45) is 0. The molecule has 0 aliphatic heterocycles. The maximum atomic E-state index is 12.0. The predicted molar refractivity (Wildman–Crippen MR) is 80.3 cm³/mol. The minimum Gasteiger partial charge on any atom is -0.360 e. The molecule has 0 atom stereocenters. The molecule has 19 heavy (non-hydrogen) atoms. The van der Waals surface area contributed by atoms with E-state index in [1.54, 1.807) is 0 Å². The third-order valence-corrected chi connectivity index (χ3v) is 4.45. The molecule has 0 saturated heterocycles. The topological polar surface area (TPSA) is 54.9 Å². The summed E-state index contributed by atoms with van der Waals surface area (Å²) in [6.45, 7) is 4.84. The van der Waals surface area contributed by atoms with Crippen LogP contribution in [-0.2, 0) is 0 Å². The molecule has 0 spiro atoms. The number of thioether (sulfide) groups is 1. The van der Waals surface area contributed by atoms with Gasteiger partial charge in [-0.05, 0) is 13.8 Å². The second-order valence-corrected chi connectivity index (χ2v) is 6.18. The molecule has 0 radical (unpaired) electrons. The first-order valence-electron chi connectivity index (χ1n) is 5.99. The molecule has 1 N–H and O–H groups in total. The zero-order valence-electron chi connectivity index (χ0n) is 10.8. The lowest BCUT2D eigenvalue weighted by Crippen LogP contribution is -2.01. The molecule has 0 aliphatic rings. The largest absolute Gasteiger partial charge is 0.360 e. The Morgan fingerprint density at radius 1 is 1.32 bits per heavy atom. The summed E-state index contributed by atoms with van der Waals surface area (Å²) >= 11 is 2.90. The molecule has 0 aliphatic carbocycles. The lowest BCUT2D eigenvalue weighted by atomic mass is 10.1. The standard InChI is InChI=1S/C13H15N3OS2/c1-3-14-12-15-16-13(19-12)18-8-11(17)10-6-4-9(2)5-7-10/h4-7H,3,8H2,1-2H3,(H,14,15). The average molecular weight is 293 g/mol. The summed E-state index contributed by atoms with van der Waals surface area (Å²) in [7, 11) is 0. The highest BCUT2D eigenvalue weighted by molar-refractivity contribution is 8.01. The number of hydrogen-bond acceptors (Lipinski definition) is 6. The van der Waals surface area contributed by atoms with Gasteiger partial charge in [-0.3, -0.25) is 4.79 Å². The predicted octanol–water partition coefficient (Wildman–Crippen LogP) is 3.25. The Morgan fingerprint density at radius 2 is 2.05 bits per heavy atom. The van der Waals surface area contributed by atoms with Gasteiger partial charge in [0.1, 0.15) is 0 Å². The molecule has 2 rings (SSSR count). The Bertz CT molecular complexity index is 551. The van der Waals surface area contributed by atoms with Crippen LogP contribution in [0.2, 0.25) is 0 Å². The number of carbonyl (C=O) groups excluding carboxylic acids is 1. The van der Waals surface area contributed by atoms with Gasteiger partial charge in [-0.2, -0.15) is 0 Å². The van der Waals surface area contributed by atoms with Gasteiger partial charge in [0.2, 0.25) is 5.13 Å². The summed E-state index contributed by atoms with van der Waals surface area (Å²) in [5.41, 5.74) is 1.90. The van der Waals surface area contributed by atoms with Crippen molar-refractivity contribution in [3.8, 4) is 0 Å². The fourth-order valence-corrected chi connectivity index (χ4v) is 3.16. The van der Waals surface area contributed by atoms with Gasteiger partial charge in [-0.1, -0.05) is 52.9 Å². The van der Waals surface area contributed by atoms with Crippen molar-refractivity contribution in [3.63, 3.8) is 0 Å². The van der Waals surface area contributed by atoms with Gasteiger partial charge in [0.25, 0.3) is 0 Å². The number of ketones is 1. The first-order chi connectivity index (χ1) is 9.19. The third kappa shape index (κ3) is 4.04. The fourth-order valence-electron chi connectivity index (χ4n) is 1.44. The normalized spacial score (nSPS) is 10.4. The number of anilines is 1. The number of hydrogen-bond donors (Lipinski definition) is 1. The molecular formula is C13H15N3OS2. The molecular weight excluding hydrogens is 278 g/mol. The Hall–Kier alpha value is -1.40. The third-order valence-electron chi connectivity index (χ3n) is 2.43. The quantitative estimate of drug-likeness (QED) is 0.654. The van der Waals surface area contributed by atoms with Crippen molar-refractivity contribution in [2.45, 2.75) is 18.2 Å². The van der Waals surface area contributed by atoms with Crippen molar-refractivity contribution in [1.29, 1.82) is 0 Å². The molecule has 0 bridgehead atoms. The summed E-state index contributed by atoms with van der Waals surface area (Å²) in [6, 6.07) is 7.63. The van der Waals surface area contributed by atoms with E-state index in [-0.39, 0.29) is 5.78 Å². The SMILES string of the molecule is CCNc1nnc(SCC(=O)c2ccc(C)cc2)s1. The second-order valence-electron chi connectivity index (χ2n) is 3.98. The van der Waals surface area contributed by atoms with Gasteiger partial charge in [-0.15, -0.1) is 10.2 Å². The smallest absolute Gasteiger partial charge is 0.206 e. The maximum absolute atomic E-state index is 12.0. The van der Waals surface area contributed by atoms with Crippen molar-refractivity contribution >= 4 is 34.0 Å². The molecule has 4 nitrogen and oxygen atoms in total. The molecule has 1 heterocycles. The van der Waals surface area contributed by atoms with Gasteiger partial charge in [-0.25, -0.2) is 0 Å². The van der Waals surface area contributed by atoms with E-state index in [0.717, 1.165) is 27.1 Å². The van der Waals surface area contributed by atoms with Crippen LogP contribution in [0.5, 0.6) is 0 Å². The van der Waals surface area contributed by atoms with Crippen LogP contribution in [0, 0.1) is 6.92 Å². The van der Waals surface area contributed by atoms with E-state index >= 15 is 0 Å². The number of aryl methyl sites for hydroxylation is 1. The van der Waals surface area contributed by atoms with Crippen molar-refractivity contribution in [3.05, 3.63) is 35.4 Å². The van der Waals surface area contributed by atoms with Crippen LogP contribution < -0.4 is 5.32 Å². The van der Waals surface area contributed by atoms with E-state index in [9.17, 15) is 4.79 Å². The van der Waals surface area contributed by atoms with Crippen LogP contribution in [0.15, 0.2) is 28.6 Å². The molecule has 1 aromatic carbocycles. The maximum Gasteiger partial charge on any atom is 0.206 e. The van der Waals surface area contributed by atoms with Crippen LogP contribution in [0.1, 0.15) is 22.8 Å². The van der Waals surface area contributed by atoms with E-state index in [0.29, 0.717) is 5.75 Å². The molecule has 2 aromatic rings. The Morgan fingerprint density at radius 3 is 2.74 bits per heavy atom. The summed E-state index contributed by atoms with van der Waals surface area (Å²) in [5, 5.41) is 11.9. The summed E-state index contributed by atoms with van der Waals surface area (Å²) < 4.78 is 0.816. The number of nitrogens with one attached hydrogen (secondary N) is 1. The highest BCUT2D eigenvalue weighted by atomic mass is 32.2. The zero-order chi connectivity index (χ0) is 13.7. The summed E-state index contributed by atoms with van der Waals surface area (Å²) in [5.74, 6) is 0.509. The van der Waals surface area contributed by atoms with Gasteiger partial charge in [0.15, 0.2) is 10.1 Å². The van der Waals surface area contributed by atoms with E-state index < -0.39 is 0 Å². The number of benzene rings is 1.